The minimum Gasteiger partial charge on any atom is -0.349 e. The zero-order valence-corrected chi connectivity index (χ0v) is 11.7. The van der Waals surface area contributed by atoms with Gasteiger partial charge in [-0.1, -0.05) is 26.7 Å². The maximum Gasteiger partial charge on any atom is 0.223 e. The topological polar surface area (TPSA) is 29.1 Å². The van der Waals surface area contributed by atoms with Crippen LogP contribution < -0.4 is 5.32 Å². The van der Waals surface area contributed by atoms with Crippen LogP contribution in [0.15, 0.2) is 0 Å². The van der Waals surface area contributed by atoms with Gasteiger partial charge in [-0.2, -0.15) is 0 Å². The summed E-state index contributed by atoms with van der Waals surface area (Å²) in [7, 11) is 0. The van der Waals surface area contributed by atoms with Crippen LogP contribution in [0.1, 0.15) is 52.4 Å². The molecule has 0 spiro atoms. The Morgan fingerprint density at radius 3 is 2.71 bits per heavy atom. The molecule has 98 valence electrons. The van der Waals surface area contributed by atoms with Crippen LogP contribution in [0.25, 0.3) is 0 Å². The van der Waals surface area contributed by atoms with Gasteiger partial charge in [0.05, 0.1) is 5.54 Å². The van der Waals surface area contributed by atoms with Gasteiger partial charge in [0.25, 0.3) is 0 Å². The highest BCUT2D eigenvalue weighted by Gasteiger charge is 2.39. The quantitative estimate of drug-likeness (QED) is 0.769. The second-order valence-electron chi connectivity index (χ2n) is 6.23. The van der Waals surface area contributed by atoms with Crippen molar-refractivity contribution in [1.29, 1.82) is 0 Å². The largest absolute Gasteiger partial charge is 0.349 e. The average Bonchev–Trinajstić information content (AvgIpc) is 3.12. The summed E-state index contributed by atoms with van der Waals surface area (Å²) in [5, 5.41) is 3.26. The Kier molecular flexibility index (Phi) is 4.02. The van der Waals surface area contributed by atoms with Gasteiger partial charge >= 0.3 is 0 Å². The monoisotopic (exact) mass is 257 g/mol. The first kappa shape index (κ1) is 13.2. The van der Waals surface area contributed by atoms with E-state index < -0.39 is 0 Å². The van der Waals surface area contributed by atoms with Crippen LogP contribution in [-0.4, -0.2) is 17.3 Å². The number of alkyl halides is 1. The number of amides is 1. The predicted octanol–water partition coefficient (Wildman–Crippen LogP) is 3.34. The van der Waals surface area contributed by atoms with E-state index in [-0.39, 0.29) is 17.4 Å². The summed E-state index contributed by atoms with van der Waals surface area (Å²) in [4.78, 5) is 12.2. The zero-order chi connectivity index (χ0) is 12.5. The third-order valence-electron chi connectivity index (χ3n) is 4.48. The van der Waals surface area contributed by atoms with Crippen LogP contribution in [0.3, 0.4) is 0 Å². The van der Waals surface area contributed by atoms with E-state index in [1.165, 1.54) is 25.7 Å². The fraction of sp³-hybridized carbons (Fsp3) is 0.929. The molecule has 2 aliphatic rings. The van der Waals surface area contributed by atoms with E-state index in [2.05, 4.69) is 19.2 Å². The lowest BCUT2D eigenvalue weighted by Gasteiger charge is -2.40. The molecule has 2 nitrogen and oxygen atoms in total. The Morgan fingerprint density at radius 2 is 2.18 bits per heavy atom. The molecule has 0 saturated heterocycles. The molecule has 0 aromatic carbocycles. The smallest absolute Gasteiger partial charge is 0.223 e. The van der Waals surface area contributed by atoms with E-state index in [1.807, 2.05) is 0 Å². The molecule has 0 aliphatic heterocycles. The molecule has 0 heterocycles. The maximum atomic E-state index is 12.2. The molecule has 0 radical (unpaired) electrons. The number of carbonyl (C=O) groups is 1. The number of rotatable bonds is 4. The Balaban J connectivity index is 1.95. The minimum atomic E-state index is -0.126. The molecular formula is C14H24ClNO. The van der Waals surface area contributed by atoms with Gasteiger partial charge in [0.15, 0.2) is 0 Å². The Morgan fingerprint density at radius 1 is 1.47 bits per heavy atom. The minimum absolute atomic E-state index is 0.126. The third-order valence-corrected chi connectivity index (χ3v) is 4.99. The summed E-state index contributed by atoms with van der Waals surface area (Å²) in [6, 6.07) is 0. The normalized spacial score (nSPS) is 35.4. The van der Waals surface area contributed by atoms with Gasteiger partial charge in [0, 0.05) is 11.8 Å². The molecule has 0 aromatic heterocycles. The summed E-state index contributed by atoms with van der Waals surface area (Å²) < 4.78 is 0. The average molecular weight is 258 g/mol. The summed E-state index contributed by atoms with van der Waals surface area (Å²) in [5.41, 5.74) is -0.126. The van der Waals surface area contributed by atoms with Gasteiger partial charge in [-0.05, 0) is 37.5 Å². The van der Waals surface area contributed by atoms with Gasteiger partial charge in [-0.25, -0.2) is 0 Å². The molecule has 3 atom stereocenters. The Hall–Kier alpha value is -0.240. The van der Waals surface area contributed by atoms with Crippen LogP contribution in [0, 0.1) is 17.8 Å². The van der Waals surface area contributed by atoms with Crippen molar-refractivity contribution in [3.05, 3.63) is 0 Å². The van der Waals surface area contributed by atoms with Crippen molar-refractivity contribution in [2.24, 2.45) is 17.8 Å². The zero-order valence-electron chi connectivity index (χ0n) is 11.0. The van der Waals surface area contributed by atoms with Crippen LogP contribution in [-0.2, 0) is 4.79 Å². The van der Waals surface area contributed by atoms with E-state index in [0.717, 1.165) is 12.8 Å². The van der Waals surface area contributed by atoms with Crippen molar-refractivity contribution in [3.63, 3.8) is 0 Å². The van der Waals surface area contributed by atoms with Crippen LogP contribution in [0.2, 0.25) is 0 Å². The highest BCUT2D eigenvalue weighted by atomic mass is 35.5. The first-order chi connectivity index (χ1) is 8.06. The molecule has 2 fully saturated rings. The van der Waals surface area contributed by atoms with E-state index in [1.54, 1.807) is 0 Å². The van der Waals surface area contributed by atoms with Crippen molar-refractivity contribution in [3.8, 4) is 0 Å². The lowest BCUT2D eigenvalue weighted by molar-refractivity contribution is -0.127. The van der Waals surface area contributed by atoms with Crippen molar-refractivity contribution in [2.45, 2.75) is 57.9 Å². The van der Waals surface area contributed by atoms with Gasteiger partial charge in [-0.3, -0.25) is 4.79 Å². The molecule has 0 aromatic rings. The second kappa shape index (κ2) is 5.17. The summed E-state index contributed by atoms with van der Waals surface area (Å²) >= 11 is 6.13. The lowest BCUT2D eigenvalue weighted by Crippen LogP contribution is -2.54. The summed E-state index contributed by atoms with van der Waals surface area (Å²) in [6.07, 6.45) is 6.99. The molecule has 0 bridgehead atoms. The van der Waals surface area contributed by atoms with Gasteiger partial charge in [0.2, 0.25) is 5.91 Å². The van der Waals surface area contributed by atoms with Gasteiger partial charge in [-0.15, -0.1) is 11.6 Å². The van der Waals surface area contributed by atoms with Gasteiger partial charge < -0.3 is 5.32 Å². The highest BCUT2D eigenvalue weighted by Crippen LogP contribution is 2.38. The predicted molar refractivity (Wildman–Crippen MR) is 71.1 cm³/mol. The molecule has 1 amide bonds. The molecule has 1 N–H and O–H groups in total. The number of nitrogens with one attached hydrogen (secondary N) is 1. The second-order valence-corrected chi connectivity index (χ2v) is 6.50. The Labute approximate surface area is 109 Å². The third kappa shape index (κ3) is 3.15. The van der Waals surface area contributed by atoms with Crippen molar-refractivity contribution >= 4 is 17.5 Å². The van der Waals surface area contributed by atoms with Crippen molar-refractivity contribution in [2.75, 3.05) is 5.88 Å². The fourth-order valence-corrected chi connectivity index (χ4v) is 3.42. The lowest BCUT2D eigenvalue weighted by atomic mass is 9.77. The SMILES string of the molecule is CC1CCCC(CCl)(NC(=O)C(C)C2CC2)C1. The first-order valence-electron chi connectivity index (χ1n) is 6.94. The van der Waals surface area contributed by atoms with E-state index in [0.29, 0.717) is 17.7 Å². The molecule has 2 rings (SSSR count). The molecular weight excluding hydrogens is 234 g/mol. The molecule has 2 aliphatic carbocycles. The number of hydrogen-bond acceptors (Lipinski definition) is 1. The standard InChI is InChI=1S/C14H24ClNO/c1-10-4-3-7-14(8-10,9-15)16-13(17)11(2)12-5-6-12/h10-12H,3-9H2,1-2H3,(H,16,17). The van der Waals surface area contributed by atoms with Crippen molar-refractivity contribution in [1.82, 2.24) is 5.32 Å². The molecule has 3 unspecified atom stereocenters. The van der Waals surface area contributed by atoms with Gasteiger partial charge in [0.1, 0.15) is 0 Å². The van der Waals surface area contributed by atoms with Crippen LogP contribution in [0.5, 0.6) is 0 Å². The van der Waals surface area contributed by atoms with E-state index in [9.17, 15) is 4.79 Å². The maximum absolute atomic E-state index is 12.2. The van der Waals surface area contributed by atoms with Crippen LogP contribution >= 0.6 is 11.6 Å². The molecule has 3 heteroatoms. The molecule has 2 saturated carbocycles. The summed E-state index contributed by atoms with van der Waals surface area (Å²) in [6.45, 7) is 4.32. The highest BCUT2D eigenvalue weighted by molar-refractivity contribution is 6.18. The fourth-order valence-electron chi connectivity index (χ4n) is 3.11. The number of hydrogen-bond donors (Lipinski definition) is 1. The first-order valence-corrected chi connectivity index (χ1v) is 7.48. The Bertz CT molecular complexity index is 290. The van der Waals surface area contributed by atoms with E-state index in [4.69, 9.17) is 11.6 Å². The number of halogens is 1. The van der Waals surface area contributed by atoms with E-state index >= 15 is 0 Å². The van der Waals surface area contributed by atoms with Crippen molar-refractivity contribution < 1.29 is 4.79 Å². The van der Waals surface area contributed by atoms with Crippen LogP contribution in [0.4, 0.5) is 0 Å². The summed E-state index contributed by atoms with van der Waals surface area (Å²) in [5.74, 6) is 2.26. The molecule has 17 heavy (non-hydrogen) atoms. The number of carbonyl (C=O) groups excluding carboxylic acids is 1.